The van der Waals surface area contributed by atoms with Crippen molar-refractivity contribution in [2.75, 3.05) is 0 Å². The van der Waals surface area contributed by atoms with Crippen LogP contribution in [0.5, 0.6) is 34.5 Å². The molecule has 0 atom stereocenters. The molecule has 0 aliphatic rings. The minimum atomic E-state index is -0.145. The molecule has 15 heteroatoms. The van der Waals surface area contributed by atoms with Gasteiger partial charge in [-0.2, -0.15) is 0 Å². The van der Waals surface area contributed by atoms with Gasteiger partial charge in [-0.25, -0.2) is 0 Å². The fraction of sp³-hybridized carbons (Fsp3) is 0. The third kappa shape index (κ3) is 16.3. The average molecular weight is 1140 g/mol. The molecule has 10 rings (SSSR count). The largest absolute Gasteiger partial charge is 0.508 e. The Kier molecular flexibility index (Phi) is 20.5. The van der Waals surface area contributed by atoms with Crippen molar-refractivity contribution in [2.45, 2.75) is 0 Å². The fourth-order valence-electron chi connectivity index (χ4n) is 7.43. The summed E-state index contributed by atoms with van der Waals surface area (Å²) in [6, 6.07) is 66.6. The summed E-state index contributed by atoms with van der Waals surface area (Å²) >= 11 is 23.3. The lowest BCUT2D eigenvalue weighted by Crippen LogP contribution is -2.01. The van der Waals surface area contributed by atoms with Crippen LogP contribution in [0.15, 0.2) is 243 Å². The molecule has 0 saturated heterocycles. The molecule has 0 aromatic heterocycles. The van der Waals surface area contributed by atoms with Crippen LogP contribution in [0.3, 0.4) is 0 Å². The van der Waals surface area contributed by atoms with Gasteiger partial charge >= 0.3 is 0 Å². The number of aromatic hydroxyl groups is 2. The smallest absolute Gasteiger partial charge is 0.193 e. The number of benzene rings is 10. The number of rotatable bonds is 14. The van der Waals surface area contributed by atoms with Gasteiger partial charge in [-0.05, 0) is 243 Å². The maximum absolute atomic E-state index is 13.1. The summed E-state index contributed by atoms with van der Waals surface area (Å²) < 4.78 is 11.8. The predicted molar refractivity (Wildman–Crippen MR) is 312 cm³/mol. The van der Waals surface area contributed by atoms with Crippen LogP contribution in [0.1, 0.15) is 79.6 Å². The normalized spacial score (nSPS) is 10.2. The van der Waals surface area contributed by atoms with Crippen molar-refractivity contribution in [1.82, 2.24) is 0 Å². The fourth-order valence-corrected chi connectivity index (χ4v) is 7.94. The molecule has 0 aliphatic carbocycles. The number of carbonyl (C=O) groups is 5. The van der Waals surface area contributed by atoms with Crippen molar-refractivity contribution >= 4 is 75.3 Å². The van der Waals surface area contributed by atoms with Crippen LogP contribution < -0.4 is 9.47 Å². The number of carbonyl (C=O) groups excluding carboxylic acids is 5. The molecule has 2 N–H and O–H groups in total. The molecule has 0 bridgehead atoms. The number of ketones is 5. The molecule has 0 heterocycles. The van der Waals surface area contributed by atoms with E-state index in [4.69, 9.17) is 76.0 Å². The first-order valence-corrected chi connectivity index (χ1v) is 25.4. The highest BCUT2D eigenvalue weighted by molar-refractivity contribution is 6.32. The zero-order chi connectivity index (χ0) is 57.1. The minimum Gasteiger partial charge on any atom is -0.508 e. The quantitative estimate of drug-likeness (QED) is 0.0990. The molecular formula is C65H42Cl4O11. The molecule has 11 nitrogen and oxygen atoms in total. The zero-order valence-electron chi connectivity index (χ0n) is 41.7. The summed E-state index contributed by atoms with van der Waals surface area (Å²) in [5.74, 6) is 1.95. The average Bonchev–Trinajstić information content (AvgIpc) is 3.49. The van der Waals surface area contributed by atoms with Gasteiger partial charge in [-0.15, -0.1) is 0 Å². The van der Waals surface area contributed by atoms with Crippen LogP contribution in [0, 0.1) is 9.93 Å². The van der Waals surface area contributed by atoms with Gasteiger partial charge in [0, 0.05) is 85.7 Å². The lowest BCUT2D eigenvalue weighted by molar-refractivity contribution is 0.103. The second kappa shape index (κ2) is 28.2. The van der Waals surface area contributed by atoms with Crippen molar-refractivity contribution in [3.05, 3.63) is 328 Å². The molecule has 0 radical (unpaired) electrons. The van der Waals surface area contributed by atoms with E-state index in [-0.39, 0.29) is 40.4 Å². The minimum absolute atomic E-state index is 0.0340. The lowest BCUT2D eigenvalue weighted by Gasteiger charge is -2.09. The number of phenols is 2. The van der Waals surface area contributed by atoms with Crippen molar-refractivity contribution in [3.63, 3.8) is 0 Å². The first kappa shape index (κ1) is 58.2. The van der Waals surface area contributed by atoms with E-state index >= 15 is 0 Å². The van der Waals surface area contributed by atoms with Gasteiger partial charge in [-0.1, -0.05) is 46.4 Å². The summed E-state index contributed by atoms with van der Waals surface area (Å²) in [6.45, 7) is 0. The Morgan fingerprint density at radius 1 is 0.225 bits per heavy atom. The molecule has 10 aromatic carbocycles. The van der Waals surface area contributed by atoms with Crippen molar-refractivity contribution in [3.8, 4) is 34.5 Å². The van der Waals surface area contributed by atoms with E-state index in [2.05, 4.69) is 0 Å². The number of ether oxygens (including phenoxy) is 2. The third-order valence-corrected chi connectivity index (χ3v) is 12.6. The van der Waals surface area contributed by atoms with E-state index in [1.807, 2.05) is 0 Å². The lowest BCUT2D eigenvalue weighted by atomic mass is 10.0. The first-order chi connectivity index (χ1) is 38.6. The van der Waals surface area contributed by atoms with Crippen molar-refractivity contribution in [1.29, 1.82) is 0 Å². The molecule has 396 valence electrons. The highest BCUT2D eigenvalue weighted by atomic mass is 35.5. The van der Waals surface area contributed by atoms with Gasteiger partial charge in [-0.3, -0.25) is 24.0 Å². The predicted octanol–water partition coefficient (Wildman–Crippen LogP) is 16.9. The van der Waals surface area contributed by atoms with Gasteiger partial charge in [0.1, 0.15) is 34.5 Å². The van der Waals surface area contributed by atoms with Crippen LogP contribution in [0.25, 0.3) is 0 Å². The maximum atomic E-state index is 13.1. The van der Waals surface area contributed by atoms with Gasteiger partial charge in [0.15, 0.2) is 28.9 Å². The topological polar surface area (TPSA) is 178 Å². The number of hydrogen-bond donors (Lipinski definition) is 2. The van der Waals surface area contributed by atoms with Crippen molar-refractivity contribution in [2.24, 2.45) is 0 Å². The van der Waals surface area contributed by atoms with E-state index in [1.165, 1.54) is 24.3 Å². The highest BCUT2D eigenvalue weighted by Gasteiger charge is 2.14. The summed E-state index contributed by atoms with van der Waals surface area (Å²) in [5.41, 5.74) is 5.42. The van der Waals surface area contributed by atoms with E-state index in [9.17, 15) is 24.0 Å². The SMILES string of the molecule is O=C(c1ccc(Cl)cc1)c1ccc(Cl)cc1.O=C(c1ccc(Cl)cc1)c1ccc(Oc2ccc(C(=O)c3ccc(Oc4ccc(C(=O)c5ccc(Cl)cc5)cc4)cc3)cc2)cc1.O=C(c1ccc(O)cc1)c1ccc(O)cc1.O=O. The summed E-state index contributed by atoms with van der Waals surface area (Å²) in [6.07, 6.45) is 0. The third-order valence-electron chi connectivity index (χ3n) is 11.6. The zero-order valence-corrected chi connectivity index (χ0v) is 44.7. The molecule has 0 amide bonds. The Morgan fingerprint density at radius 2 is 0.350 bits per heavy atom. The molecule has 0 saturated carbocycles. The Balaban J connectivity index is 0.000000220. The van der Waals surface area contributed by atoms with Crippen molar-refractivity contribution < 1.29 is 43.7 Å². The Hall–Kier alpha value is -9.49. The van der Waals surface area contributed by atoms with Gasteiger partial charge < -0.3 is 19.7 Å². The van der Waals surface area contributed by atoms with Crippen LogP contribution in [0.4, 0.5) is 0 Å². The molecule has 0 aliphatic heterocycles. The molecule has 80 heavy (non-hydrogen) atoms. The van der Waals surface area contributed by atoms with Crippen LogP contribution >= 0.6 is 46.4 Å². The molecule has 0 unspecified atom stereocenters. The first-order valence-electron chi connectivity index (χ1n) is 23.9. The molecule has 0 fully saturated rings. The Bertz CT molecular complexity index is 3360. The Morgan fingerprint density at radius 3 is 0.500 bits per heavy atom. The second-order valence-corrected chi connectivity index (χ2v) is 18.8. The Labute approximate surface area is 479 Å². The van der Waals surface area contributed by atoms with Gasteiger partial charge in [0.2, 0.25) is 0 Å². The highest BCUT2D eigenvalue weighted by Crippen LogP contribution is 2.27. The number of hydrogen-bond acceptors (Lipinski definition) is 11. The second-order valence-electron chi connectivity index (χ2n) is 17.1. The number of phenolic OH excluding ortho intramolecular Hbond substituents is 2. The standard InChI is InChI=1S/C39H24Cl2O5.C13H8Cl2O.C13H10O3.O2/c40-31-13-1-25(2-14-31)37(42)27-5-17-33(18-6-27)45-35-21-9-29(10-22-35)39(44)30-11-23-36(24-12-30)46-34-19-7-28(8-20-34)38(43)26-3-15-32(41)16-4-26;2*14-11-5-1-9(2-6-11)13(16)10-3-7-12(15)8-4-10;1-2/h1-24H;1-8H;1-8,14-15H;. The maximum Gasteiger partial charge on any atom is 0.193 e. The summed E-state index contributed by atoms with van der Waals surface area (Å²) in [5, 5.41) is 20.6. The van der Waals surface area contributed by atoms with E-state index in [0.717, 1.165) is 0 Å². The van der Waals surface area contributed by atoms with E-state index in [0.29, 0.717) is 98.7 Å². The van der Waals surface area contributed by atoms with Crippen LogP contribution in [-0.4, -0.2) is 39.1 Å². The summed E-state index contributed by atoms with van der Waals surface area (Å²) in [4.78, 5) is 76.4. The van der Waals surface area contributed by atoms with E-state index < -0.39 is 0 Å². The molecule has 0 spiro atoms. The van der Waals surface area contributed by atoms with Crippen LogP contribution in [-0.2, 0) is 0 Å². The molecular weight excluding hydrogens is 1100 g/mol. The van der Waals surface area contributed by atoms with E-state index in [1.54, 1.807) is 218 Å². The van der Waals surface area contributed by atoms with Gasteiger partial charge in [0.05, 0.1) is 0 Å². The molecule has 10 aromatic rings. The number of halogens is 4. The summed E-state index contributed by atoms with van der Waals surface area (Å²) in [7, 11) is 0. The van der Waals surface area contributed by atoms with Crippen LogP contribution in [0.2, 0.25) is 20.1 Å². The van der Waals surface area contributed by atoms with Gasteiger partial charge in [0.25, 0.3) is 0 Å². The monoisotopic (exact) mass is 1140 g/mol.